The number of hydrogen-bond acceptors (Lipinski definition) is 6. The van der Waals surface area contributed by atoms with Crippen LogP contribution in [0.4, 0.5) is 16.2 Å². The van der Waals surface area contributed by atoms with Gasteiger partial charge in [-0.15, -0.1) is 0 Å². The van der Waals surface area contributed by atoms with Crippen LogP contribution in [0, 0.1) is 5.92 Å². The van der Waals surface area contributed by atoms with Gasteiger partial charge in [0.1, 0.15) is 0 Å². The highest BCUT2D eigenvalue weighted by molar-refractivity contribution is 6.04. The molecule has 1 aromatic carbocycles. The Kier molecular flexibility index (Phi) is 7.61. The number of ether oxygens (including phenoxy) is 1. The van der Waals surface area contributed by atoms with Gasteiger partial charge in [-0.1, -0.05) is 19.4 Å². The minimum atomic E-state index is -0.388. The summed E-state index contributed by atoms with van der Waals surface area (Å²) in [5.41, 5.74) is 5.82. The third-order valence-electron chi connectivity index (χ3n) is 7.43. The van der Waals surface area contributed by atoms with Crippen LogP contribution in [-0.2, 0) is 19.7 Å². The fourth-order valence-electron chi connectivity index (χ4n) is 5.40. The van der Waals surface area contributed by atoms with E-state index in [0.29, 0.717) is 26.2 Å². The Morgan fingerprint density at radius 3 is 2.53 bits per heavy atom. The molecule has 0 radical (unpaired) electrons. The Balaban J connectivity index is 1.71. The zero-order valence-corrected chi connectivity index (χ0v) is 22.5. The summed E-state index contributed by atoms with van der Waals surface area (Å²) in [6.07, 6.45) is 3.16. The Labute approximate surface area is 214 Å². The van der Waals surface area contributed by atoms with E-state index in [2.05, 4.69) is 24.5 Å². The second kappa shape index (κ2) is 10.4. The van der Waals surface area contributed by atoms with Crippen molar-refractivity contribution in [1.82, 2.24) is 15.3 Å². The van der Waals surface area contributed by atoms with Crippen molar-refractivity contribution in [2.45, 2.75) is 70.9 Å². The largest absolute Gasteiger partial charge is 0.446 e. The summed E-state index contributed by atoms with van der Waals surface area (Å²) < 4.78 is 5.59. The van der Waals surface area contributed by atoms with Gasteiger partial charge in [0.2, 0.25) is 11.8 Å². The van der Waals surface area contributed by atoms with Crippen LogP contribution in [-0.4, -0.2) is 80.2 Å². The number of fused-ring (bicyclic) bond motifs is 1. The van der Waals surface area contributed by atoms with Crippen LogP contribution >= 0.6 is 0 Å². The number of benzene rings is 1. The lowest BCUT2D eigenvalue weighted by Gasteiger charge is -2.42. The monoisotopic (exact) mass is 499 g/mol. The van der Waals surface area contributed by atoms with E-state index in [1.54, 1.807) is 23.9 Å². The Morgan fingerprint density at radius 2 is 1.92 bits per heavy atom. The first-order valence-electron chi connectivity index (χ1n) is 13.2. The van der Waals surface area contributed by atoms with Gasteiger partial charge in [-0.2, -0.15) is 0 Å². The van der Waals surface area contributed by atoms with E-state index in [4.69, 9.17) is 4.74 Å². The van der Waals surface area contributed by atoms with Crippen molar-refractivity contribution < 1.29 is 19.1 Å². The normalized spacial score (nSPS) is 24.1. The topological polar surface area (TPSA) is 85.4 Å². The molecule has 36 heavy (non-hydrogen) atoms. The van der Waals surface area contributed by atoms with E-state index in [-0.39, 0.29) is 41.4 Å². The minimum Gasteiger partial charge on any atom is -0.446 e. The smallest absolute Gasteiger partial charge is 0.414 e. The van der Waals surface area contributed by atoms with Crippen LogP contribution in [0.3, 0.4) is 0 Å². The molecular formula is C27H41N5O4. The molecule has 198 valence electrons. The maximum Gasteiger partial charge on any atom is 0.414 e. The average Bonchev–Trinajstić information content (AvgIpc) is 3.59. The molecule has 2 atom stereocenters. The molecule has 1 unspecified atom stereocenters. The minimum absolute atomic E-state index is 0.0473. The molecule has 2 aliphatic heterocycles. The number of hydrogen-bond donors (Lipinski definition) is 1. The number of hydrazine groups is 1. The number of likely N-dealkylation sites (N-methyl/N-ethyl adjacent to an activating group) is 1. The first-order chi connectivity index (χ1) is 17.1. The molecule has 2 fully saturated rings. The van der Waals surface area contributed by atoms with Gasteiger partial charge in [0.15, 0.2) is 0 Å². The quantitative estimate of drug-likeness (QED) is 0.621. The molecular weight excluding hydrogens is 458 g/mol. The predicted octanol–water partition coefficient (Wildman–Crippen LogP) is 3.13. The van der Waals surface area contributed by atoms with Gasteiger partial charge in [0, 0.05) is 45.1 Å². The van der Waals surface area contributed by atoms with E-state index in [1.165, 1.54) is 0 Å². The highest BCUT2D eigenvalue weighted by Gasteiger charge is 2.44. The Morgan fingerprint density at radius 1 is 1.19 bits per heavy atom. The van der Waals surface area contributed by atoms with E-state index < -0.39 is 0 Å². The summed E-state index contributed by atoms with van der Waals surface area (Å²) in [5.74, 6) is 0.279. The summed E-state index contributed by atoms with van der Waals surface area (Å²) in [6, 6.07) is 6.04. The lowest BCUT2D eigenvalue weighted by Crippen LogP contribution is -2.53. The van der Waals surface area contributed by atoms with Crippen LogP contribution in [0.5, 0.6) is 0 Å². The molecule has 9 heteroatoms. The van der Waals surface area contributed by atoms with Gasteiger partial charge >= 0.3 is 6.09 Å². The van der Waals surface area contributed by atoms with Crippen molar-refractivity contribution in [1.29, 1.82) is 0 Å². The van der Waals surface area contributed by atoms with Crippen molar-refractivity contribution in [2.24, 2.45) is 5.92 Å². The molecule has 1 saturated carbocycles. The van der Waals surface area contributed by atoms with Crippen molar-refractivity contribution in [2.75, 3.05) is 50.1 Å². The SMILES string of the molecule is CCCC1(c2ccc3c(c2)N(C(=O)OC(C)C)C[C@H](C)N3C(=O)C2CC2)CNN(CC(=O)N(C)C)C1. The van der Waals surface area contributed by atoms with Crippen LogP contribution in [0.15, 0.2) is 18.2 Å². The molecule has 1 N–H and O–H groups in total. The molecule has 0 spiro atoms. The first-order valence-corrected chi connectivity index (χ1v) is 13.2. The number of carbonyl (C=O) groups is 3. The molecule has 1 aromatic rings. The maximum atomic E-state index is 13.2. The van der Waals surface area contributed by atoms with Gasteiger partial charge in [-0.25, -0.2) is 9.80 Å². The van der Waals surface area contributed by atoms with E-state index in [0.717, 1.165) is 42.6 Å². The van der Waals surface area contributed by atoms with E-state index in [1.807, 2.05) is 36.7 Å². The van der Waals surface area contributed by atoms with E-state index in [9.17, 15) is 14.4 Å². The molecule has 3 aliphatic rings. The number of nitrogens with zero attached hydrogens (tertiary/aromatic N) is 4. The summed E-state index contributed by atoms with van der Waals surface area (Å²) in [7, 11) is 3.53. The predicted molar refractivity (Wildman–Crippen MR) is 140 cm³/mol. The molecule has 9 nitrogen and oxygen atoms in total. The van der Waals surface area contributed by atoms with Gasteiger partial charge in [-0.05, 0) is 57.7 Å². The van der Waals surface area contributed by atoms with Crippen molar-refractivity contribution in [3.8, 4) is 0 Å². The number of amides is 3. The van der Waals surface area contributed by atoms with Crippen LogP contribution in [0.1, 0.15) is 58.9 Å². The van der Waals surface area contributed by atoms with E-state index >= 15 is 0 Å². The number of rotatable bonds is 7. The third kappa shape index (κ3) is 5.22. The molecule has 1 saturated heterocycles. The summed E-state index contributed by atoms with van der Waals surface area (Å²) in [6.45, 7) is 9.93. The number of carbonyl (C=O) groups excluding carboxylic acids is 3. The lowest BCUT2D eigenvalue weighted by molar-refractivity contribution is -0.130. The average molecular weight is 500 g/mol. The number of nitrogens with one attached hydrogen (secondary N) is 1. The highest BCUT2D eigenvalue weighted by atomic mass is 16.6. The van der Waals surface area contributed by atoms with Crippen molar-refractivity contribution in [3.63, 3.8) is 0 Å². The van der Waals surface area contributed by atoms with Crippen LogP contribution in [0.2, 0.25) is 0 Å². The standard InChI is InChI=1S/C27H41N5O4/c1-7-12-27(16-28-30(17-27)15-24(33)29(5)6)21-10-11-22-23(13-21)31(26(35)36-18(2)3)14-19(4)32(22)25(34)20-8-9-20/h10-11,13,18-20,28H,7-9,12,14-17H2,1-6H3/t19-,27?/m0/s1. The molecule has 2 heterocycles. The number of anilines is 2. The molecule has 0 aromatic heterocycles. The second-order valence-electron chi connectivity index (χ2n) is 11.1. The summed E-state index contributed by atoms with van der Waals surface area (Å²) >= 11 is 0. The Hall–Kier alpha value is -2.65. The van der Waals surface area contributed by atoms with Crippen molar-refractivity contribution >= 4 is 29.3 Å². The zero-order chi connectivity index (χ0) is 26.2. The van der Waals surface area contributed by atoms with Gasteiger partial charge in [0.25, 0.3) is 0 Å². The maximum absolute atomic E-state index is 13.2. The van der Waals surface area contributed by atoms with Gasteiger partial charge < -0.3 is 14.5 Å². The fourth-order valence-corrected chi connectivity index (χ4v) is 5.40. The molecule has 4 rings (SSSR count). The fraction of sp³-hybridized carbons (Fsp3) is 0.667. The van der Waals surface area contributed by atoms with Crippen LogP contribution in [0.25, 0.3) is 0 Å². The highest BCUT2D eigenvalue weighted by Crippen LogP contribution is 2.44. The van der Waals surface area contributed by atoms with Gasteiger partial charge in [-0.3, -0.25) is 19.9 Å². The summed E-state index contributed by atoms with van der Waals surface area (Å²) in [4.78, 5) is 43.9. The molecule has 0 bridgehead atoms. The zero-order valence-electron chi connectivity index (χ0n) is 22.5. The third-order valence-corrected chi connectivity index (χ3v) is 7.43. The second-order valence-corrected chi connectivity index (χ2v) is 11.1. The van der Waals surface area contributed by atoms with Gasteiger partial charge in [0.05, 0.1) is 30.1 Å². The first kappa shape index (κ1) is 26.4. The van der Waals surface area contributed by atoms with Crippen molar-refractivity contribution in [3.05, 3.63) is 23.8 Å². The molecule has 1 aliphatic carbocycles. The lowest BCUT2D eigenvalue weighted by atomic mass is 9.77. The summed E-state index contributed by atoms with van der Waals surface area (Å²) in [5, 5.41) is 1.99. The van der Waals surface area contributed by atoms with Crippen LogP contribution < -0.4 is 15.2 Å². The Bertz CT molecular complexity index is 1010. The molecule has 3 amide bonds.